The van der Waals surface area contributed by atoms with Crippen LogP contribution in [0, 0.1) is 0 Å². The lowest BCUT2D eigenvalue weighted by atomic mass is 10.0. The van der Waals surface area contributed by atoms with E-state index in [2.05, 4.69) is 19.9 Å². The maximum absolute atomic E-state index is 10.5. The lowest BCUT2D eigenvalue weighted by Crippen LogP contribution is -1.96. The first-order valence-corrected chi connectivity index (χ1v) is 6.10. The topological polar surface area (TPSA) is 37.3 Å². The van der Waals surface area contributed by atoms with Crippen LogP contribution in [0.1, 0.15) is 65.2 Å². The van der Waals surface area contributed by atoms with Gasteiger partial charge in [0.05, 0.1) is 0 Å². The summed E-state index contributed by atoms with van der Waals surface area (Å²) in [6, 6.07) is 0. The highest BCUT2D eigenvalue weighted by Gasteiger charge is 2.01. The number of carboxylic acids is 1. The zero-order valence-corrected chi connectivity index (χ0v) is 10.1. The molecule has 0 aromatic rings. The van der Waals surface area contributed by atoms with Gasteiger partial charge >= 0.3 is 5.97 Å². The van der Waals surface area contributed by atoms with Crippen molar-refractivity contribution in [2.75, 3.05) is 0 Å². The van der Waals surface area contributed by atoms with Gasteiger partial charge < -0.3 is 5.11 Å². The van der Waals surface area contributed by atoms with E-state index in [0.29, 0.717) is 0 Å². The average molecular weight is 212 g/mol. The van der Waals surface area contributed by atoms with Crippen LogP contribution in [0.3, 0.4) is 0 Å². The zero-order chi connectivity index (χ0) is 11.5. The summed E-state index contributed by atoms with van der Waals surface area (Å²) in [6.07, 6.45) is 10.3. The minimum atomic E-state index is -0.689. The second-order valence-electron chi connectivity index (χ2n) is 3.98. The predicted molar refractivity (Wildman–Crippen MR) is 64.0 cm³/mol. The van der Waals surface area contributed by atoms with E-state index in [1.54, 1.807) is 0 Å². The standard InChI is InChI=1S/C13H24O2/c1-3-5-6-7-9-12(8-4-2)10-11-13(14)15/h8H,3-7,9-11H2,1-2H3,(H,14,15)/b12-8-. The van der Waals surface area contributed by atoms with Gasteiger partial charge in [0.15, 0.2) is 0 Å². The Morgan fingerprint density at radius 2 is 1.80 bits per heavy atom. The fourth-order valence-electron chi connectivity index (χ4n) is 1.66. The second-order valence-corrected chi connectivity index (χ2v) is 3.98. The van der Waals surface area contributed by atoms with Crippen molar-refractivity contribution in [1.82, 2.24) is 0 Å². The van der Waals surface area contributed by atoms with Crippen molar-refractivity contribution in [3.8, 4) is 0 Å². The van der Waals surface area contributed by atoms with Crippen molar-refractivity contribution in [1.29, 1.82) is 0 Å². The minimum absolute atomic E-state index is 0.277. The third-order valence-corrected chi connectivity index (χ3v) is 2.50. The molecule has 2 nitrogen and oxygen atoms in total. The normalized spacial score (nSPS) is 11.7. The average Bonchev–Trinajstić information content (AvgIpc) is 2.20. The molecule has 0 aromatic heterocycles. The summed E-state index contributed by atoms with van der Waals surface area (Å²) in [5.41, 5.74) is 1.33. The molecular formula is C13H24O2. The summed E-state index contributed by atoms with van der Waals surface area (Å²) in [7, 11) is 0. The Morgan fingerprint density at radius 3 is 2.33 bits per heavy atom. The molecule has 0 aliphatic heterocycles. The van der Waals surface area contributed by atoms with E-state index in [1.807, 2.05) is 0 Å². The van der Waals surface area contributed by atoms with Crippen LogP contribution in [0.2, 0.25) is 0 Å². The van der Waals surface area contributed by atoms with Gasteiger partial charge in [0, 0.05) is 6.42 Å². The van der Waals surface area contributed by atoms with Crippen molar-refractivity contribution in [2.45, 2.75) is 65.2 Å². The smallest absolute Gasteiger partial charge is 0.303 e. The van der Waals surface area contributed by atoms with E-state index < -0.39 is 5.97 Å². The molecule has 0 fully saturated rings. The molecule has 0 aliphatic rings. The lowest BCUT2D eigenvalue weighted by molar-refractivity contribution is -0.136. The fraction of sp³-hybridized carbons (Fsp3) is 0.769. The molecule has 0 rings (SSSR count). The second kappa shape index (κ2) is 9.75. The Kier molecular flexibility index (Phi) is 9.24. The maximum atomic E-state index is 10.5. The SMILES string of the molecule is CC/C=C(/CCCCCC)CCC(=O)O. The zero-order valence-electron chi connectivity index (χ0n) is 10.1. The highest BCUT2D eigenvalue weighted by atomic mass is 16.4. The number of rotatable bonds is 9. The Hall–Kier alpha value is -0.790. The van der Waals surface area contributed by atoms with E-state index in [-0.39, 0.29) is 6.42 Å². The lowest BCUT2D eigenvalue weighted by Gasteiger charge is -2.05. The molecule has 0 aliphatic carbocycles. The van der Waals surface area contributed by atoms with E-state index in [1.165, 1.54) is 31.3 Å². The molecule has 0 saturated carbocycles. The summed E-state index contributed by atoms with van der Waals surface area (Å²) >= 11 is 0. The summed E-state index contributed by atoms with van der Waals surface area (Å²) in [5, 5.41) is 8.61. The van der Waals surface area contributed by atoms with Crippen LogP contribution in [0.5, 0.6) is 0 Å². The predicted octanol–water partition coefficient (Wildman–Crippen LogP) is 4.16. The minimum Gasteiger partial charge on any atom is -0.481 e. The number of carbonyl (C=O) groups is 1. The Labute approximate surface area is 93.4 Å². The third kappa shape index (κ3) is 9.51. The van der Waals surface area contributed by atoms with Crippen molar-refractivity contribution < 1.29 is 9.90 Å². The van der Waals surface area contributed by atoms with Gasteiger partial charge in [0.25, 0.3) is 0 Å². The first-order valence-electron chi connectivity index (χ1n) is 6.10. The monoisotopic (exact) mass is 212 g/mol. The summed E-state index contributed by atoms with van der Waals surface area (Å²) < 4.78 is 0. The molecular weight excluding hydrogens is 188 g/mol. The van der Waals surface area contributed by atoms with Crippen LogP contribution in [-0.4, -0.2) is 11.1 Å². The Bertz CT molecular complexity index is 195. The molecule has 88 valence electrons. The van der Waals surface area contributed by atoms with Crippen LogP contribution in [0.4, 0.5) is 0 Å². The van der Waals surface area contributed by atoms with E-state index in [9.17, 15) is 4.79 Å². The molecule has 0 unspecified atom stereocenters. The maximum Gasteiger partial charge on any atom is 0.303 e. The number of unbranched alkanes of at least 4 members (excludes halogenated alkanes) is 3. The first kappa shape index (κ1) is 14.2. The highest BCUT2D eigenvalue weighted by Crippen LogP contribution is 2.15. The molecule has 0 atom stereocenters. The van der Waals surface area contributed by atoms with E-state index in [0.717, 1.165) is 19.3 Å². The van der Waals surface area contributed by atoms with Crippen molar-refractivity contribution in [3.05, 3.63) is 11.6 Å². The quantitative estimate of drug-likeness (QED) is 0.460. The molecule has 0 bridgehead atoms. The largest absolute Gasteiger partial charge is 0.481 e. The highest BCUT2D eigenvalue weighted by molar-refractivity contribution is 5.67. The number of carboxylic acid groups (broad SMARTS) is 1. The van der Waals surface area contributed by atoms with Gasteiger partial charge in [0.1, 0.15) is 0 Å². The molecule has 0 saturated heterocycles. The summed E-state index contributed by atoms with van der Waals surface area (Å²) in [4.78, 5) is 10.5. The molecule has 0 spiro atoms. The van der Waals surface area contributed by atoms with Crippen LogP contribution in [0.15, 0.2) is 11.6 Å². The van der Waals surface area contributed by atoms with Crippen LogP contribution >= 0.6 is 0 Å². The summed E-state index contributed by atoms with van der Waals surface area (Å²) in [5.74, 6) is -0.689. The third-order valence-electron chi connectivity index (χ3n) is 2.50. The van der Waals surface area contributed by atoms with E-state index in [4.69, 9.17) is 5.11 Å². The van der Waals surface area contributed by atoms with Gasteiger partial charge in [-0.25, -0.2) is 0 Å². The van der Waals surface area contributed by atoms with Gasteiger partial charge in [-0.1, -0.05) is 44.8 Å². The van der Waals surface area contributed by atoms with Gasteiger partial charge in [-0.2, -0.15) is 0 Å². The van der Waals surface area contributed by atoms with Crippen LogP contribution < -0.4 is 0 Å². The molecule has 15 heavy (non-hydrogen) atoms. The molecule has 2 heteroatoms. The first-order chi connectivity index (χ1) is 7.20. The van der Waals surface area contributed by atoms with Gasteiger partial charge in [-0.15, -0.1) is 0 Å². The number of hydrogen-bond donors (Lipinski definition) is 1. The molecule has 1 N–H and O–H groups in total. The summed E-state index contributed by atoms with van der Waals surface area (Å²) in [6.45, 7) is 4.31. The van der Waals surface area contributed by atoms with Crippen LogP contribution in [0.25, 0.3) is 0 Å². The fourth-order valence-corrected chi connectivity index (χ4v) is 1.66. The number of allylic oxidation sites excluding steroid dienone is 2. The van der Waals surface area contributed by atoms with Gasteiger partial charge in [-0.05, 0) is 25.7 Å². The van der Waals surface area contributed by atoms with Gasteiger partial charge in [-0.3, -0.25) is 4.79 Å². The molecule has 0 amide bonds. The van der Waals surface area contributed by atoms with Crippen molar-refractivity contribution in [2.24, 2.45) is 0 Å². The molecule has 0 aromatic carbocycles. The molecule has 0 heterocycles. The van der Waals surface area contributed by atoms with E-state index >= 15 is 0 Å². The number of hydrogen-bond acceptors (Lipinski definition) is 1. The Balaban J connectivity index is 3.74. The Morgan fingerprint density at radius 1 is 1.07 bits per heavy atom. The van der Waals surface area contributed by atoms with Gasteiger partial charge in [0.2, 0.25) is 0 Å². The van der Waals surface area contributed by atoms with Crippen LogP contribution in [-0.2, 0) is 4.79 Å². The van der Waals surface area contributed by atoms with Crippen molar-refractivity contribution in [3.63, 3.8) is 0 Å². The van der Waals surface area contributed by atoms with Crippen molar-refractivity contribution >= 4 is 5.97 Å². The molecule has 0 radical (unpaired) electrons. The number of aliphatic carboxylic acids is 1.